The van der Waals surface area contributed by atoms with Crippen molar-refractivity contribution in [2.75, 3.05) is 12.1 Å². The van der Waals surface area contributed by atoms with Crippen LogP contribution >= 0.6 is 11.6 Å². The number of fused-ring (bicyclic) bond motifs is 1. The fourth-order valence-corrected chi connectivity index (χ4v) is 2.81. The summed E-state index contributed by atoms with van der Waals surface area (Å²) in [6, 6.07) is 12.1. The monoisotopic (exact) mass is 416 g/mol. The van der Waals surface area contributed by atoms with Crippen LogP contribution in [0.2, 0.25) is 5.02 Å². The lowest BCUT2D eigenvalue weighted by Gasteiger charge is -2.06. The van der Waals surface area contributed by atoms with Crippen molar-refractivity contribution in [2.24, 2.45) is 0 Å². The van der Waals surface area contributed by atoms with Gasteiger partial charge >= 0.3 is 0 Å². The van der Waals surface area contributed by atoms with E-state index < -0.39 is 10.8 Å². The molecule has 10 heteroatoms. The lowest BCUT2D eigenvalue weighted by Crippen LogP contribution is -2.12. The minimum absolute atomic E-state index is 0.0129. The molecule has 0 spiro atoms. The molecule has 1 N–H and O–H groups in total. The molecule has 0 radical (unpaired) electrons. The van der Waals surface area contributed by atoms with Gasteiger partial charge in [0.1, 0.15) is 23.8 Å². The number of amides is 1. The Balaban J connectivity index is 1.41. The van der Waals surface area contributed by atoms with E-state index in [0.29, 0.717) is 23.0 Å². The Morgan fingerprint density at radius 2 is 1.97 bits per heavy atom. The van der Waals surface area contributed by atoms with E-state index in [1.165, 1.54) is 18.2 Å². The van der Waals surface area contributed by atoms with Gasteiger partial charge in [0.15, 0.2) is 17.3 Å². The van der Waals surface area contributed by atoms with Crippen LogP contribution in [0.4, 0.5) is 11.4 Å². The predicted octanol–water partition coefficient (Wildman–Crippen LogP) is 4.40. The molecule has 0 fully saturated rings. The van der Waals surface area contributed by atoms with E-state index in [2.05, 4.69) is 5.32 Å². The van der Waals surface area contributed by atoms with E-state index in [-0.39, 0.29) is 35.6 Å². The summed E-state index contributed by atoms with van der Waals surface area (Å²) in [6.45, 7) is 0.245. The minimum atomic E-state index is -0.634. The smallest absolute Gasteiger partial charge is 0.294 e. The summed E-state index contributed by atoms with van der Waals surface area (Å²) < 4.78 is 21.6. The number of nitrogens with one attached hydrogen (secondary N) is 1. The molecule has 0 saturated heterocycles. The van der Waals surface area contributed by atoms with Crippen molar-refractivity contribution in [3.63, 3.8) is 0 Å². The van der Waals surface area contributed by atoms with Crippen LogP contribution in [-0.4, -0.2) is 17.6 Å². The average Bonchev–Trinajstić information content (AvgIpc) is 3.36. The van der Waals surface area contributed by atoms with Gasteiger partial charge in [0.25, 0.3) is 11.6 Å². The number of nitro benzene ring substituents is 1. The number of carbonyl (C=O) groups excluding carboxylic acids is 1. The van der Waals surface area contributed by atoms with Crippen LogP contribution in [0.25, 0.3) is 0 Å². The first-order valence-electron chi connectivity index (χ1n) is 8.36. The molecule has 1 aliphatic heterocycles. The van der Waals surface area contributed by atoms with Gasteiger partial charge < -0.3 is 23.9 Å². The Hall–Kier alpha value is -3.72. The molecule has 2 aromatic carbocycles. The number of carbonyl (C=O) groups is 1. The van der Waals surface area contributed by atoms with Crippen molar-refractivity contribution >= 4 is 28.9 Å². The zero-order valence-electron chi connectivity index (χ0n) is 14.7. The maximum absolute atomic E-state index is 12.4. The largest absolute Gasteiger partial charge is 0.486 e. The van der Waals surface area contributed by atoms with E-state index in [1.807, 2.05) is 0 Å². The van der Waals surface area contributed by atoms with E-state index in [1.54, 1.807) is 24.3 Å². The molecule has 0 saturated carbocycles. The number of nitrogens with zero attached hydrogens (tertiary/aromatic N) is 1. The summed E-state index contributed by atoms with van der Waals surface area (Å²) in [7, 11) is 0. The van der Waals surface area contributed by atoms with Crippen LogP contribution in [0.5, 0.6) is 17.2 Å². The molecule has 1 aromatic heterocycles. The first-order chi connectivity index (χ1) is 14.0. The van der Waals surface area contributed by atoms with Gasteiger partial charge in [-0.15, -0.1) is 0 Å². The first-order valence-corrected chi connectivity index (χ1v) is 8.74. The number of rotatable bonds is 6. The average molecular weight is 417 g/mol. The topological polar surface area (TPSA) is 113 Å². The third kappa shape index (κ3) is 4.09. The molecule has 29 heavy (non-hydrogen) atoms. The molecular weight excluding hydrogens is 404 g/mol. The predicted molar refractivity (Wildman–Crippen MR) is 102 cm³/mol. The van der Waals surface area contributed by atoms with Gasteiger partial charge in [0.05, 0.1) is 4.92 Å². The van der Waals surface area contributed by atoms with Gasteiger partial charge in [-0.2, -0.15) is 0 Å². The van der Waals surface area contributed by atoms with Crippen LogP contribution in [0.1, 0.15) is 16.3 Å². The van der Waals surface area contributed by atoms with E-state index in [4.69, 9.17) is 30.2 Å². The Labute approximate surface area is 168 Å². The van der Waals surface area contributed by atoms with Crippen molar-refractivity contribution in [1.82, 2.24) is 0 Å². The van der Waals surface area contributed by atoms with Crippen molar-refractivity contribution < 1.29 is 28.3 Å². The van der Waals surface area contributed by atoms with E-state index in [9.17, 15) is 14.9 Å². The number of benzene rings is 2. The maximum Gasteiger partial charge on any atom is 0.294 e. The number of ether oxygens (including phenoxy) is 3. The molecule has 0 unspecified atom stereocenters. The van der Waals surface area contributed by atoms with Gasteiger partial charge in [0.2, 0.25) is 6.79 Å². The molecule has 4 rings (SSSR count). The van der Waals surface area contributed by atoms with Crippen molar-refractivity contribution in [3.8, 4) is 17.2 Å². The summed E-state index contributed by atoms with van der Waals surface area (Å²) >= 11 is 5.77. The number of nitro groups is 1. The van der Waals surface area contributed by atoms with E-state index in [0.717, 1.165) is 6.07 Å². The zero-order chi connectivity index (χ0) is 20.4. The normalized spacial score (nSPS) is 11.9. The van der Waals surface area contributed by atoms with Gasteiger partial charge in [-0.25, -0.2) is 0 Å². The van der Waals surface area contributed by atoms with Crippen molar-refractivity contribution in [2.45, 2.75) is 6.61 Å². The standard InChI is InChI=1S/C19H13ClN2O7/c20-11-1-4-14(15(7-11)22(24)25)21-19(23)17-6-3-13(29-17)9-26-12-2-5-16-18(8-12)28-10-27-16/h1-8H,9-10H2,(H,21,23). The number of halogens is 1. The Morgan fingerprint density at radius 1 is 1.14 bits per heavy atom. The van der Waals surface area contributed by atoms with E-state index >= 15 is 0 Å². The lowest BCUT2D eigenvalue weighted by molar-refractivity contribution is -0.383. The summed E-state index contributed by atoms with van der Waals surface area (Å²) in [6.07, 6.45) is 0. The molecule has 0 aliphatic carbocycles. The SMILES string of the molecule is O=C(Nc1ccc(Cl)cc1[N+](=O)[O-])c1ccc(COc2ccc3c(c2)OCO3)o1. The molecular formula is C19H13ClN2O7. The molecule has 0 atom stereocenters. The second-order valence-corrected chi connectivity index (χ2v) is 6.38. The van der Waals surface area contributed by atoms with Crippen LogP contribution < -0.4 is 19.5 Å². The number of furan rings is 1. The molecule has 0 bridgehead atoms. The molecule has 1 amide bonds. The molecule has 148 valence electrons. The number of anilines is 1. The highest BCUT2D eigenvalue weighted by Gasteiger charge is 2.19. The van der Waals surface area contributed by atoms with Crippen LogP contribution in [0, 0.1) is 10.1 Å². The summed E-state index contributed by atoms with van der Waals surface area (Å²) in [4.78, 5) is 22.9. The summed E-state index contributed by atoms with van der Waals surface area (Å²) in [5, 5.41) is 13.8. The van der Waals surface area contributed by atoms with Crippen LogP contribution in [-0.2, 0) is 6.61 Å². The number of hydrogen-bond donors (Lipinski definition) is 1. The van der Waals surface area contributed by atoms with Gasteiger partial charge in [-0.1, -0.05) is 11.6 Å². The summed E-state index contributed by atoms with van der Waals surface area (Å²) in [5.74, 6) is 1.53. The van der Waals surface area contributed by atoms with Gasteiger partial charge in [0, 0.05) is 17.2 Å². The Bertz CT molecular complexity index is 1100. The Morgan fingerprint density at radius 3 is 2.79 bits per heavy atom. The highest BCUT2D eigenvalue weighted by molar-refractivity contribution is 6.31. The zero-order valence-corrected chi connectivity index (χ0v) is 15.5. The molecule has 2 heterocycles. The van der Waals surface area contributed by atoms with Crippen molar-refractivity contribution in [1.29, 1.82) is 0 Å². The second kappa shape index (κ2) is 7.72. The van der Waals surface area contributed by atoms with Crippen LogP contribution in [0.15, 0.2) is 52.9 Å². The van der Waals surface area contributed by atoms with Gasteiger partial charge in [-0.3, -0.25) is 14.9 Å². The molecule has 9 nitrogen and oxygen atoms in total. The maximum atomic E-state index is 12.4. The number of hydrogen-bond acceptors (Lipinski definition) is 7. The molecule has 1 aliphatic rings. The molecule has 3 aromatic rings. The first kappa shape index (κ1) is 18.6. The summed E-state index contributed by atoms with van der Waals surface area (Å²) in [5.41, 5.74) is -0.303. The van der Waals surface area contributed by atoms with Gasteiger partial charge in [-0.05, 0) is 36.4 Å². The Kier molecular flexibility index (Phi) is 4.96. The van der Waals surface area contributed by atoms with Crippen LogP contribution in [0.3, 0.4) is 0 Å². The van der Waals surface area contributed by atoms with Crippen molar-refractivity contribution in [3.05, 3.63) is 75.2 Å². The third-order valence-electron chi connectivity index (χ3n) is 4.02. The fraction of sp³-hybridized carbons (Fsp3) is 0.105. The fourth-order valence-electron chi connectivity index (χ4n) is 2.64. The second-order valence-electron chi connectivity index (χ2n) is 5.94. The minimum Gasteiger partial charge on any atom is -0.486 e. The quantitative estimate of drug-likeness (QED) is 0.468. The highest BCUT2D eigenvalue weighted by Crippen LogP contribution is 2.35. The lowest BCUT2D eigenvalue weighted by atomic mass is 10.2. The third-order valence-corrected chi connectivity index (χ3v) is 4.25. The highest BCUT2D eigenvalue weighted by atomic mass is 35.5.